The SMILES string of the molecule is CCCCNC(=O)N1CCc2cc(S(=O)(=O)Nc3cccnc3)ccc2C1. The van der Waals surface area contributed by atoms with Crippen molar-refractivity contribution in [2.45, 2.75) is 37.6 Å². The lowest BCUT2D eigenvalue weighted by Gasteiger charge is -2.29. The monoisotopic (exact) mass is 388 g/mol. The van der Waals surface area contributed by atoms with E-state index >= 15 is 0 Å². The molecule has 2 heterocycles. The Balaban J connectivity index is 1.70. The summed E-state index contributed by atoms with van der Waals surface area (Å²) in [5, 5.41) is 2.92. The molecule has 0 atom stereocenters. The average Bonchev–Trinajstić information content (AvgIpc) is 2.67. The van der Waals surface area contributed by atoms with Crippen LogP contribution in [0.3, 0.4) is 0 Å². The number of amides is 2. The van der Waals surface area contributed by atoms with Crippen molar-refractivity contribution in [3.8, 4) is 0 Å². The van der Waals surface area contributed by atoms with Crippen molar-refractivity contribution in [2.24, 2.45) is 0 Å². The van der Waals surface area contributed by atoms with E-state index in [-0.39, 0.29) is 10.9 Å². The van der Waals surface area contributed by atoms with Crippen molar-refractivity contribution in [3.63, 3.8) is 0 Å². The van der Waals surface area contributed by atoms with Crippen LogP contribution >= 0.6 is 0 Å². The number of urea groups is 1. The molecule has 1 aromatic carbocycles. The Kier molecular flexibility index (Phi) is 5.95. The maximum Gasteiger partial charge on any atom is 0.317 e. The maximum absolute atomic E-state index is 12.6. The van der Waals surface area contributed by atoms with E-state index in [2.05, 4.69) is 21.9 Å². The lowest BCUT2D eigenvalue weighted by molar-refractivity contribution is 0.192. The molecule has 0 aliphatic carbocycles. The van der Waals surface area contributed by atoms with Crippen LogP contribution in [0.5, 0.6) is 0 Å². The van der Waals surface area contributed by atoms with Crippen molar-refractivity contribution in [1.29, 1.82) is 0 Å². The van der Waals surface area contributed by atoms with Crippen LogP contribution in [0.25, 0.3) is 0 Å². The first-order valence-electron chi connectivity index (χ1n) is 9.07. The first-order chi connectivity index (χ1) is 13.0. The molecule has 0 saturated heterocycles. The van der Waals surface area contributed by atoms with Crippen LogP contribution in [-0.4, -0.2) is 37.4 Å². The molecule has 2 aromatic rings. The van der Waals surface area contributed by atoms with Gasteiger partial charge in [0.2, 0.25) is 0 Å². The lowest BCUT2D eigenvalue weighted by atomic mass is 10.0. The van der Waals surface area contributed by atoms with Crippen LogP contribution < -0.4 is 10.0 Å². The molecule has 2 amide bonds. The Morgan fingerprint density at radius 3 is 2.85 bits per heavy atom. The van der Waals surface area contributed by atoms with Crippen LogP contribution in [0.1, 0.15) is 30.9 Å². The summed E-state index contributed by atoms with van der Waals surface area (Å²) in [5.41, 5.74) is 2.36. The first-order valence-corrected chi connectivity index (χ1v) is 10.6. The highest BCUT2D eigenvalue weighted by atomic mass is 32.2. The minimum Gasteiger partial charge on any atom is -0.338 e. The van der Waals surface area contributed by atoms with Crippen molar-refractivity contribution >= 4 is 21.7 Å². The number of hydrogen-bond donors (Lipinski definition) is 2. The summed E-state index contributed by atoms with van der Waals surface area (Å²) in [7, 11) is -3.67. The number of fused-ring (bicyclic) bond motifs is 1. The van der Waals surface area contributed by atoms with E-state index in [1.54, 1.807) is 41.4 Å². The maximum atomic E-state index is 12.6. The van der Waals surface area contributed by atoms with Gasteiger partial charge in [0.15, 0.2) is 0 Å². The number of carbonyl (C=O) groups is 1. The highest BCUT2D eigenvalue weighted by Crippen LogP contribution is 2.24. The van der Waals surface area contributed by atoms with Crippen LogP contribution in [0.4, 0.5) is 10.5 Å². The van der Waals surface area contributed by atoms with Gasteiger partial charge < -0.3 is 10.2 Å². The summed E-state index contributed by atoms with van der Waals surface area (Å²) >= 11 is 0. The molecule has 0 spiro atoms. The van der Waals surface area contributed by atoms with Crippen molar-refractivity contribution in [2.75, 3.05) is 17.8 Å². The normalized spacial score (nSPS) is 13.7. The van der Waals surface area contributed by atoms with Gasteiger partial charge in [-0.15, -0.1) is 0 Å². The molecule has 144 valence electrons. The van der Waals surface area contributed by atoms with Gasteiger partial charge in [-0.25, -0.2) is 13.2 Å². The molecule has 1 aliphatic heterocycles. The molecule has 0 fully saturated rings. The molecule has 0 radical (unpaired) electrons. The van der Waals surface area contributed by atoms with Crippen LogP contribution in [0.15, 0.2) is 47.6 Å². The quantitative estimate of drug-likeness (QED) is 0.745. The Hall–Kier alpha value is -2.61. The number of nitrogens with zero attached hydrogens (tertiary/aromatic N) is 2. The molecular formula is C19H24N4O3S. The number of sulfonamides is 1. The topological polar surface area (TPSA) is 91.4 Å². The minimum atomic E-state index is -3.67. The van der Waals surface area contributed by atoms with Crippen LogP contribution in [-0.2, 0) is 23.0 Å². The highest BCUT2D eigenvalue weighted by molar-refractivity contribution is 7.92. The summed E-state index contributed by atoms with van der Waals surface area (Å²) in [6.07, 6.45) is 5.67. The standard InChI is InChI=1S/C19H24N4O3S/c1-2-3-10-21-19(24)23-11-8-15-12-18(7-6-16(15)14-23)27(25,26)22-17-5-4-9-20-13-17/h4-7,9,12-13,22H,2-3,8,10-11,14H2,1H3,(H,21,24). The molecule has 8 heteroatoms. The van der Waals surface area contributed by atoms with E-state index in [1.807, 2.05) is 0 Å². The number of anilines is 1. The number of carbonyl (C=O) groups excluding carboxylic acids is 1. The molecule has 27 heavy (non-hydrogen) atoms. The molecule has 0 saturated carbocycles. The van der Waals surface area contributed by atoms with Crippen molar-refractivity contribution in [1.82, 2.24) is 15.2 Å². The largest absolute Gasteiger partial charge is 0.338 e. The molecule has 3 rings (SSSR count). The summed E-state index contributed by atoms with van der Waals surface area (Å²) in [5.74, 6) is 0. The fourth-order valence-corrected chi connectivity index (χ4v) is 4.08. The van der Waals surface area contributed by atoms with Gasteiger partial charge in [-0.1, -0.05) is 19.4 Å². The Bertz CT molecular complexity index is 900. The predicted octanol–water partition coefficient (Wildman–Crippen LogP) is 2.75. The lowest BCUT2D eigenvalue weighted by Crippen LogP contribution is -2.43. The van der Waals surface area contributed by atoms with Gasteiger partial charge in [-0.05, 0) is 48.2 Å². The third-order valence-electron chi connectivity index (χ3n) is 4.51. The van der Waals surface area contributed by atoms with Gasteiger partial charge in [0.25, 0.3) is 10.0 Å². The van der Waals surface area contributed by atoms with E-state index in [4.69, 9.17) is 0 Å². The Morgan fingerprint density at radius 2 is 2.11 bits per heavy atom. The van der Waals surface area contributed by atoms with E-state index in [0.717, 1.165) is 24.0 Å². The third kappa shape index (κ3) is 4.77. The summed E-state index contributed by atoms with van der Waals surface area (Å²) in [6, 6.07) is 8.32. The van der Waals surface area contributed by atoms with Crippen LogP contribution in [0.2, 0.25) is 0 Å². The molecule has 2 N–H and O–H groups in total. The first kappa shape index (κ1) is 19.2. The van der Waals surface area contributed by atoms with E-state index in [1.165, 1.54) is 6.20 Å². The second-order valence-corrected chi connectivity index (χ2v) is 8.22. The third-order valence-corrected chi connectivity index (χ3v) is 5.89. The second kappa shape index (κ2) is 8.39. The molecule has 1 aromatic heterocycles. The zero-order valence-electron chi connectivity index (χ0n) is 15.3. The van der Waals surface area contributed by atoms with E-state index in [0.29, 0.717) is 31.7 Å². The van der Waals surface area contributed by atoms with Gasteiger partial charge in [0.1, 0.15) is 0 Å². The van der Waals surface area contributed by atoms with Crippen molar-refractivity contribution < 1.29 is 13.2 Å². The van der Waals surface area contributed by atoms with E-state index in [9.17, 15) is 13.2 Å². The van der Waals surface area contributed by atoms with Crippen molar-refractivity contribution in [3.05, 3.63) is 53.9 Å². The molecular weight excluding hydrogens is 364 g/mol. The Labute approximate surface area is 159 Å². The average molecular weight is 388 g/mol. The smallest absolute Gasteiger partial charge is 0.317 e. The number of unbranched alkanes of at least 4 members (excludes halogenated alkanes) is 1. The number of aromatic nitrogens is 1. The Morgan fingerprint density at radius 1 is 1.26 bits per heavy atom. The molecule has 7 nitrogen and oxygen atoms in total. The summed E-state index contributed by atoms with van der Waals surface area (Å²) in [4.78, 5) is 18.1. The van der Waals surface area contributed by atoms with Gasteiger partial charge in [0, 0.05) is 25.8 Å². The number of nitrogens with one attached hydrogen (secondary N) is 2. The van der Waals surface area contributed by atoms with E-state index < -0.39 is 10.0 Å². The van der Waals surface area contributed by atoms with Crippen LogP contribution in [0, 0.1) is 0 Å². The second-order valence-electron chi connectivity index (χ2n) is 6.53. The zero-order chi connectivity index (χ0) is 19.3. The molecule has 0 bridgehead atoms. The summed E-state index contributed by atoms with van der Waals surface area (Å²) in [6.45, 7) is 3.82. The predicted molar refractivity (Wildman–Crippen MR) is 104 cm³/mol. The number of benzene rings is 1. The summed E-state index contributed by atoms with van der Waals surface area (Å²) < 4.78 is 27.7. The van der Waals surface area contributed by atoms with Gasteiger partial charge in [-0.2, -0.15) is 0 Å². The van der Waals surface area contributed by atoms with Gasteiger partial charge >= 0.3 is 6.03 Å². The number of hydrogen-bond acceptors (Lipinski definition) is 4. The molecule has 1 aliphatic rings. The fraction of sp³-hybridized carbons (Fsp3) is 0.368. The highest BCUT2D eigenvalue weighted by Gasteiger charge is 2.23. The minimum absolute atomic E-state index is 0.0657. The molecule has 0 unspecified atom stereocenters. The van der Waals surface area contributed by atoms with Gasteiger partial charge in [-0.3, -0.25) is 9.71 Å². The number of pyridine rings is 1. The van der Waals surface area contributed by atoms with Gasteiger partial charge in [0.05, 0.1) is 16.8 Å². The zero-order valence-corrected chi connectivity index (χ0v) is 16.1. The number of rotatable bonds is 6. The fourth-order valence-electron chi connectivity index (χ4n) is 2.99.